The molecule has 0 amide bonds. The summed E-state index contributed by atoms with van der Waals surface area (Å²) in [6.45, 7) is 3.35. The molecule has 0 radical (unpaired) electrons. The summed E-state index contributed by atoms with van der Waals surface area (Å²) >= 11 is 0. The van der Waals surface area contributed by atoms with Crippen LogP contribution in [0.4, 0.5) is 0 Å². The lowest BCUT2D eigenvalue weighted by Crippen LogP contribution is -1.87. The number of benzene rings is 1. The van der Waals surface area contributed by atoms with E-state index in [0.29, 0.717) is 6.04 Å². The Bertz CT molecular complexity index is 250. The monoisotopic (exact) mass is 147 g/mol. The summed E-state index contributed by atoms with van der Waals surface area (Å²) in [5, 5.41) is 0. The molecule has 11 heavy (non-hydrogen) atoms. The summed E-state index contributed by atoms with van der Waals surface area (Å²) in [5.41, 5.74) is 2.80. The average molecular weight is 147 g/mol. The molecule has 1 heterocycles. The minimum atomic E-state index is 0.704. The van der Waals surface area contributed by atoms with Crippen LogP contribution in [0.15, 0.2) is 24.3 Å². The van der Waals surface area contributed by atoms with Gasteiger partial charge in [-0.25, -0.2) is 0 Å². The number of rotatable bonds is 1. The molecule has 1 fully saturated rings. The lowest BCUT2D eigenvalue weighted by Gasteiger charge is -1.98. The van der Waals surface area contributed by atoms with Crippen LogP contribution in [-0.4, -0.2) is 18.5 Å². The molecule has 2 rings (SSSR count). The van der Waals surface area contributed by atoms with Crippen molar-refractivity contribution in [1.82, 2.24) is 4.90 Å². The van der Waals surface area contributed by atoms with Gasteiger partial charge in [0.05, 0.1) is 0 Å². The molecule has 0 saturated carbocycles. The van der Waals surface area contributed by atoms with E-state index < -0.39 is 0 Å². The maximum Gasteiger partial charge on any atom is 0.0473 e. The average Bonchev–Trinajstić information content (AvgIpc) is 2.69. The van der Waals surface area contributed by atoms with Crippen molar-refractivity contribution in [3.8, 4) is 0 Å². The van der Waals surface area contributed by atoms with E-state index in [1.165, 1.54) is 17.7 Å². The van der Waals surface area contributed by atoms with Gasteiger partial charge in [0.25, 0.3) is 0 Å². The maximum absolute atomic E-state index is 2.34. The molecule has 2 atom stereocenters. The van der Waals surface area contributed by atoms with Gasteiger partial charge in [-0.1, -0.05) is 29.8 Å². The summed E-state index contributed by atoms with van der Waals surface area (Å²) in [4.78, 5) is 2.34. The molecule has 1 aromatic rings. The number of hydrogen-bond acceptors (Lipinski definition) is 1. The number of aryl methyl sites for hydroxylation is 1. The second kappa shape index (κ2) is 2.35. The zero-order valence-corrected chi connectivity index (χ0v) is 7.04. The van der Waals surface area contributed by atoms with E-state index in [0.717, 1.165) is 0 Å². The van der Waals surface area contributed by atoms with Crippen molar-refractivity contribution in [2.75, 3.05) is 13.6 Å². The number of hydrogen-bond donors (Lipinski definition) is 0. The predicted octanol–water partition coefficient (Wildman–Crippen LogP) is 1.98. The van der Waals surface area contributed by atoms with Gasteiger partial charge < -0.3 is 0 Å². The lowest BCUT2D eigenvalue weighted by atomic mass is 10.1. The predicted molar refractivity (Wildman–Crippen MR) is 46.6 cm³/mol. The molecule has 0 aliphatic carbocycles. The van der Waals surface area contributed by atoms with Gasteiger partial charge in [0, 0.05) is 12.6 Å². The highest BCUT2D eigenvalue weighted by molar-refractivity contribution is 5.27. The second-order valence-corrected chi connectivity index (χ2v) is 3.37. The summed E-state index contributed by atoms with van der Waals surface area (Å²) in [6, 6.07) is 9.52. The van der Waals surface area contributed by atoms with Gasteiger partial charge in [0.15, 0.2) is 0 Å². The number of likely N-dealkylation sites (N-methyl/N-ethyl adjacent to an activating group) is 1. The molecular formula is C10H13N. The van der Waals surface area contributed by atoms with Crippen molar-refractivity contribution < 1.29 is 0 Å². The van der Waals surface area contributed by atoms with Gasteiger partial charge in [0.2, 0.25) is 0 Å². The van der Waals surface area contributed by atoms with Crippen molar-refractivity contribution in [3.05, 3.63) is 35.4 Å². The first-order valence-corrected chi connectivity index (χ1v) is 4.04. The Labute approximate surface area is 67.6 Å². The molecule has 1 heteroatoms. The van der Waals surface area contributed by atoms with E-state index in [1.807, 2.05) is 0 Å². The van der Waals surface area contributed by atoms with Crippen molar-refractivity contribution in [2.24, 2.45) is 0 Å². The Kier molecular flexibility index (Phi) is 1.46. The molecule has 0 spiro atoms. The van der Waals surface area contributed by atoms with Crippen molar-refractivity contribution >= 4 is 0 Å². The molecule has 1 aromatic carbocycles. The van der Waals surface area contributed by atoms with Crippen LogP contribution in [-0.2, 0) is 0 Å². The Morgan fingerprint density at radius 1 is 1.27 bits per heavy atom. The molecule has 0 aromatic heterocycles. The van der Waals surface area contributed by atoms with E-state index in [1.54, 1.807) is 0 Å². The maximum atomic E-state index is 2.34. The van der Waals surface area contributed by atoms with E-state index in [2.05, 4.69) is 43.1 Å². The van der Waals surface area contributed by atoms with Gasteiger partial charge in [0.1, 0.15) is 0 Å². The second-order valence-electron chi connectivity index (χ2n) is 3.37. The first-order chi connectivity index (χ1) is 5.27. The third-order valence-corrected chi connectivity index (χ3v) is 2.32. The highest BCUT2D eigenvalue weighted by atomic mass is 15.3. The molecule has 1 aliphatic heterocycles. The summed E-state index contributed by atoms with van der Waals surface area (Å²) in [7, 11) is 2.16. The molecule has 0 bridgehead atoms. The van der Waals surface area contributed by atoms with Crippen molar-refractivity contribution in [2.45, 2.75) is 13.0 Å². The quantitative estimate of drug-likeness (QED) is 0.549. The summed E-state index contributed by atoms with van der Waals surface area (Å²) in [6.07, 6.45) is 0. The molecular weight excluding hydrogens is 134 g/mol. The van der Waals surface area contributed by atoms with Crippen LogP contribution < -0.4 is 0 Å². The SMILES string of the molecule is Cc1ccc(C2CN2C)cc1. The number of nitrogens with zero attached hydrogens (tertiary/aromatic N) is 1. The fourth-order valence-corrected chi connectivity index (χ4v) is 1.37. The van der Waals surface area contributed by atoms with Crippen LogP contribution in [0.5, 0.6) is 0 Å². The lowest BCUT2D eigenvalue weighted by molar-refractivity contribution is 0.631. The first-order valence-electron chi connectivity index (χ1n) is 4.04. The van der Waals surface area contributed by atoms with Gasteiger partial charge >= 0.3 is 0 Å². The molecule has 1 saturated heterocycles. The van der Waals surface area contributed by atoms with E-state index in [9.17, 15) is 0 Å². The Balaban J connectivity index is 2.21. The van der Waals surface area contributed by atoms with Crippen LogP contribution in [0.3, 0.4) is 0 Å². The van der Waals surface area contributed by atoms with Crippen LogP contribution in [0.1, 0.15) is 17.2 Å². The van der Waals surface area contributed by atoms with Gasteiger partial charge in [-0.3, -0.25) is 4.90 Å². The Hall–Kier alpha value is -0.820. The minimum absolute atomic E-state index is 0.704. The van der Waals surface area contributed by atoms with Gasteiger partial charge in [-0.2, -0.15) is 0 Å². The van der Waals surface area contributed by atoms with Crippen molar-refractivity contribution in [3.63, 3.8) is 0 Å². The molecule has 0 N–H and O–H groups in total. The van der Waals surface area contributed by atoms with Crippen LogP contribution in [0.2, 0.25) is 0 Å². The molecule has 2 unspecified atom stereocenters. The topological polar surface area (TPSA) is 3.01 Å². The first kappa shape index (κ1) is 6.86. The largest absolute Gasteiger partial charge is 0.296 e. The Morgan fingerprint density at radius 2 is 1.82 bits per heavy atom. The highest BCUT2D eigenvalue weighted by Gasteiger charge is 2.30. The zero-order valence-electron chi connectivity index (χ0n) is 7.04. The highest BCUT2D eigenvalue weighted by Crippen LogP contribution is 2.31. The van der Waals surface area contributed by atoms with E-state index in [-0.39, 0.29) is 0 Å². The standard InChI is InChI=1S/C10H13N/c1-8-3-5-9(6-4-8)10-7-11(10)2/h3-6,10H,7H2,1-2H3. The molecule has 1 nitrogen and oxygen atoms in total. The van der Waals surface area contributed by atoms with E-state index >= 15 is 0 Å². The third kappa shape index (κ3) is 1.29. The fraction of sp³-hybridized carbons (Fsp3) is 0.400. The minimum Gasteiger partial charge on any atom is -0.296 e. The Morgan fingerprint density at radius 3 is 2.27 bits per heavy atom. The molecule has 58 valence electrons. The van der Waals surface area contributed by atoms with Crippen molar-refractivity contribution in [1.29, 1.82) is 0 Å². The summed E-state index contributed by atoms with van der Waals surface area (Å²) < 4.78 is 0. The van der Waals surface area contributed by atoms with Crippen LogP contribution in [0, 0.1) is 6.92 Å². The normalized spacial score (nSPS) is 28.5. The van der Waals surface area contributed by atoms with E-state index in [4.69, 9.17) is 0 Å². The van der Waals surface area contributed by atoms with Crippen LogP contribution >= 0.6 is 0 Å². The zero-order chi connectivity index (χ0) is 7.84. The molecule has 1 aliphatic rings. The fourth-order valence-electron chi connectivity index (χ4n) is 1.37. The third-order valence-electron chi connectivity index (χ3n) is 2.32. The van der Waals surface area contributed by atoms with Gasteiger partial charge in [-0.05, 0) is 19.5 Å². The van der Waals surface area contributed by atoms with Crippen LogP contribution in [0.25, 0.3) is 0 Å². The summed E-state index contributed by atoms with van der Waals surface area (Å²) in [5.74, 6) is 0. The van der Waals surface area contributed by atoms with Gasteiger partial charge in [-0.15, -0.1) is 0 Å². The smallest absolute Gasteiger partial charge is 0.0473 e.